The Hall–Kier alpha value is -1.11. The Bertz CT molecular complexity index is 526. The molecule has 1 aromatic rings. The number of carbonyl (C=O) groups is 1. The molecule has 0 bridgehead atoms. The smallest absolute Gasteiger partial charge is 0.325 e. The molecule has 0 saturated carbocycles. The molecule has 0 aliphatic carbocycles. The van der Waals surface area contributed by atoms with Gasteiger partial charge in [-0.1, -0.05) is 11.6 Å². The first-order chi connectivity index (χ1) is 7.21. The van der Waals surface area contributed by atoms with Crippen LogP contribution in [0, 0.1) is 0 Å². The van der Waals surface area contributed by atoms with Crippen LogP contribution in [-0.4, -0.2) is 25.7 Å². The van der Waals surface area contributed by atoms with Crippen LogP contribution in [0.15, 0.2) is 23.1 Å². The van der Waals surface area contributed by atoms with E-state index in [0.29, 0.717) is 0 Å². The number of nitrogens with two attached hydrogens (primary N) is 1. The molecule has 0 amide bonds. The first kappa shape index (κ1) is 13.0. The molecule has 16 heavy (non-hydrogen) atoms. The number of benzene rings is 1. The molecular weight excluding hydrogens is 254 g/mol. The summed E-state index contributed by atoms with van der Waals surface area (Å²) in [4.78, 5) is 10.6. The van der Waals surface area contributed by atoms with Gasteiger partial charge in [-0.25, -0.2) is 8.42 Å². The van der Waals surface area contributed by atoms with E-state index < -0.39 is 21.8 Å². The average Bonchev–Trinajstić information content (AvgIpc) is 2.14. The van der Waals surface area contributed by atoms with E-state index in [1.807, 2.05) is 0 Å². The lowest BCUT2D eigenvalue weighted by Crippen LogP contribution is -2.20. The third-order valence-corrected chi connectivity index (χ3v) is 3.26. The average molecular weight is 264 g/mol. The highest BCUT2D eigenvalue weighted by molar-refractivity contribution is 7.90. The topological polar surface area (TPSA) is 97.5 Å². The summed E-state index contributed by atoms with van der Waals surface area (Å²) in [6.45, 7) is 0. The van der Waals surface area contributed by atoms with Gasteiger partial charge >= 0.3 is 5.97 Å². The second kappa shape index (κ2) is 4.40. The standard InChI is InChI=1S/C9H10ClNO4S/c1-16(14,15)7-3-5(2-6(10)4-7)8(11)9(12)13/h2-4,8H,11H2,1H3,(H,12,13). The van der Waals surface area contributed by atoms with Gasteiger partial charge in [0, 0.05) is 11.3 Å². The van der Waals surface area contributed by atoms with Crippen LogP contribution in [0.3, 0.4) is 0 Å². The SMILES string of the molecule is CS(=O)(=O)c1cc(Cl)cc(C(N)C(=O)O)c1. The molecular formula is C9H10ClNO4S. The van der Waals surface area contributed by atoms with E-state index in [-0.39, 0.29) is 15.5 Å². The molecule has 3 N–H and O–H groups in total. The lowest BCUT2D eigenvalue weighted by Gasteiger charge is -2.09. The van der Waals surface area contributed by atoms with Crippen LogP contribution < -0.4 is 5.73 Å². The predicted octanol–water partition coefficient (Wildman–Crippen LogP) is 0.828. The normalized spacial score (nSPS) is 13.4. The number of hydrogen-bond acceptors (Lipinski definition) is 4. The van der Waals surface area contributed by atoms with E-state index in [4.69, 9.17) is 22.4 Å². The maximum atomic E-state index is 11.3. The Morgan fingerprint density at radius 1 is 1.44 bits per heavy atom. The Morgan fingerprint density at radius 3 is 2.44 bits per heavy atom. The zero-order valence-electron chi connectivity index (χ0n) is 8.34. The maximum Gasteiger partial charge on any atom is 0.325 e. The Morgan fingerprint density at radius 2 is 2.00 bits per heavy atom. The Kier molecular flexibility index (Phi) is 3.57. The largest absolute Gasteiger partial charge is 0.480 e. The molecule has 5 nitrogen and oxygen atoms in total. The Balaban J connectivity index is 3.34. The molecule has 1 atom stereocenters. The number of carboxylic acid groups (broad SMARTS) is 1. The van der Waals surface area contributed by atoms with E-state index in [2.05, 4.69) is 0 Å². The first-order valence-electron chi connectivity index (χ1n) is 4.21. The fourth-order valence-electron chi connectivity index (χ4n) is 1.12. The summed E-state index contributed by atoms with van der Waals surface area (Å²) in [5.74, 6) is -1.25. The van der Waals surface area contributed by atoms with Crippen LogP contribution >= 0.6 is 11.6 Å². The second-order valence-corrected chi connectivity index (χ2v) is 5.76. The fourth-order valence-corrected chi connectivity index (χ4v) is 2.12. The minimum atomic E-state index is -3.44. The van der Waals surface area contributed by atoms with Gasteiger partial charge in [-0.15, -0.1) is 0 Å². The van der Waals surface area contributed by atoms with Crippen molar-refractivity contribution < 1.29 is 18.3 Å². The van der Waals surface area contributed by atoms with Crippen LogP contribution in [0.4, 0.5) is 0 Å². The van der Waals surface area contributed by atoms with Crippen molar-refractivity contribution in [2.75, 3.05) is 6.26 Å². The van der Waals surface area contributed by atoms with Gasteiger partial charge in [-0.05, 0) is 23.8 Å². The zero-order valence-corrected chi connectivity index (χ0v) is 9.92. The van der Waals surface area contributed by atoms with E-state index in [0.717, 1.165) is 6.26 Å². The highest BCUT2D eigenvalue weighted by Gasteiger charge is 2.18. The molecule has 0 saturated heterocycles. The van der Waals surface area contributed by atoms with Crippen LogP contribution in [0.2, 0.25) is 5.02 Å². The van der Waals surface area contributed by atoms with E-state index >= 15 is 0 Å². The monoisotopic (exact) mass is 263 g/mol. The summed E-state index contributed by atoms with van der Waals surface area (Å²) < 4.78 is 22.6. The third-order valence-electron chi connectivity index (χ3n) is 1.95. The van der Waals surface area contributed by atoms with Crippen molar-refractivity contribution in [1.29, 1.82) is 0 Å². The van der Waals surface area contributed by atoms with Crippen LogP contribution in [0.1, 0.15) is 11.6 Å². The molecule has 1 rings (SSSR count). The minimum Gasteiger partial charge on any atom is -0.480 e. The molecule has 0 aliphatic rings. The third kappa shape index (κ3) is 2.94. The maximum absolute atomic E-state index is 11.3. The van der Waals surface area contributed by atoms with E-state index in [1.165, 1.54) is 18.2 Å². The lowest BCUT2D eigenvalue weighted by atomic mass is 10.1. The van der Waals surface area contributed by atoms with Gasteiger partial charge in [0.1, 0.15) is 6.04 Å². The van der Waals surface area contributed by atoms with Crippen LogP contribution in [0.5, 0.6) is 0 Å². The summed E-state index contributed by atoms with van der Waals surface area (Å²) in [5, 5.41) is 8.84. The molecule has 0 spiro atoms. The highest BCUT2D eigenvalue weighted by Crippen LogP contribution is 2.22. The van der Waals surface area contributed by atoms with E-state index in [1.54, 1.807) is 0 Å². The quantitative estimate of drug-likeness (QED) is 0.842. The summed E-state index contributed by atoms with van der Waals surface area (Å²) in [6.07, 6.45) is 1.01. The number of halogens is 1. The fraction of sp³-hybridized carbons (Fsp3) is 0.222. The predicted molar refractivity (Wildman–Crippen MR) is 59.1 cm³/mol. The molecule has 0 heterocycles. The Labute approximate surface area is 97.8 Å². The van der Waals surface area contributed by atoms with Crippen LogP contribution in [-0.2, 0) is 14.6 Å². The molecule has 0 aliphatic heterocycles. The molecule has 0 fully saturated rings. The molecule has 1 unspecified atom stereocenters. The molecule has 0 aromatic heterocycles. The number of sulfone groups is 1. The van der Waals surface area contributed by atoms with Crippen molar-refractivity contribution >= 4 is 27.4 Å². The highest BCUT2D eigenvalue weighted by atomic mass is 35.5. The molecule has 1 aromatic carbocycles. The van der Waals surface area contributed by atoms with Crippen molar-refractivity contribution in [2.45, 2.75) is 10.9 Å². The summed E-state index contributed by atoms with van der Waals surface area (Å²) in [7, 11) is -3.44. The summed E-state index contributed by atoms with van der Waals surface area (Å²) in [6, 6.07) is 2.49. The number of hydrogen-bond donors (Lipinski definition) is 2. The van der Waals surface area contributed by atoms with Crippen molar-refractivity contribution in [1.82, 2.24) is 0 Å². The van der Waals surface area contributed by atoms with Gasteiger partial charge in [-0.3, -0.25) is 4.79 Å². The second-order valence-electron chi connectivity index (χ2n) is 3.31. The van der Waals surface area contributed by atoms with Gasteiger partial charge < -0.3 is 10.8 Å². The number of carboxylic acids is 1. The number of rotatable bonds is 3. The number of aliphatic carboxylic acids is 1. The molecule has 88 valence electrons. The first-order valence-corrected chi connectivity index (χ1v) is 6.47. The van der Waals surface area contributed by atoms with Gasteiger partial charge in [0.05, 0.1) is 4.90 Å². The van der Waals surface area contributed by atoms with Gasteiger partial charge in [0.15, 0.2) is 9.84 Å². The van der Waals surface area contributed by atoms with E-state index in [9.17, 15) is 13.2 Å². The minimum absolute atomic E-state index is 0.0494. The van der Waals surface area contributed by atoms with Gasteiger partial charge in [0.2, 0.25) is 0 Å². The molecule has 0 radical (unpaired) electrons. The lowest BCUT2D eigenvalue weighted by molar-refractivity contribution is -0.138. The zero-order chi connectivity index (χ0) is 12.5. The summed E-state index contributed by atoms with van der Waals surface area (Å²) >= 11 is 5.69. The van der Waals surface area contributed by atoms with Crippen molar-refractivity contribution in [3.63, 3.8) is 0 Å². The van der Waals surface area contributed by atoms with Crippen molar-refractivity contribution in [2.24, 2.45) is 5.73 Å². The van der Waals surface area contributed by atoms with Crippen molar-refractivity contribution in [3.8, 4) is 0 Å². The van der Waals surface area contributed by atoms with Gasteiger partial charge in [-0.2, -0.15) is 0 Å². The van der Waals surface area contributed by atoms with Gasteiger partial charge in [0.25, 0.3) is 0 Å². The molecule has 7 heteroatoms. The van der Waals surface area contributed by atoms with Crippen molar-refractivity contribution in [3.05, 3.63) is 28.8 Å². The summed E-state index contributed by atoms with van der Waals surface area (Å²) in [5.41, 5.74) is 5.52. The van der Waals surface area contributed by atoms with Crippen LogP contribution in [0.25, 0.3) is 0 Å².